The summed E-state index contributed by atoms with van der Waals surface area (Å²) in [5.74, 6) is 0.312. The standard InChI is InChI=1S/C13H17BrCl2N2O2S/c1-18(8-9-3-2-4-17-7-9)21(19,20)13-11(15)5-10(14)6-12(13)16/h5-6,9,17H,2-4,7-8H2,1H3. The number of benzene rings is 1. The lowest BCUT2D eigenvalue weighted by Gasteiger charge is -2.27. The lowest BCUT2D eigenvalue weighted by molar-refractivity contribution is 0.315. The second kappa shape index (κ2) is 7.15. The Morgan fingerprint density at radius 1 is 1.38 bits per heavy atom. The van der Waals surface area contributed by atoms with E-state index in [1.807, 2.05) is 0 Å². The number of nitrogens with one attached hydrogen (secondary N) is 1. The van der Waals surface area contributed by atoms with Crippen LogP contribution >= 0.6 is 39.1 Å². The zero-order valence-electron chi connectivity index (χ0n) is 11.6. The molecule has 0 aliphatic carbocycles. The quantitative estimate of drug-likeness (QED) is 0.819. The SMILES string of the molecule is CN(CC1CCCNC1)S(=O)(=O)c1c(Cl)cc(Br)cc1Cl. The number of sulfonamides is 1. The molecule has 0 amide bonds. The highest BCUT2D eigenvalue weighted by atomic mass is 79.9. The van der Waals surface area contributed by atoms with Crippen molar-refractivity contribution in [1.82, 2.24) is 9.62 Å². The van der Waals surface area contributed by atoms with Gasteiger partial charge in [-0.15, -0.1) is 0 Å². The Bertz CT molecular complexity index is 596. The largest absolute Gasteiger partial charge is 0.316 e. The Kier molecular flexibility index (Phi) is 5.96. The number of hydrogen-bond donors (Lipinski definition) is 1. The van der Waals surface area contributed by atoms with E-state index in [0.29, 0.717) is 16.9 Å². The molecular formula is C13H17BrCl2N2O2S. The van der Waals surface area contributed by atoms with Crippen LogP contribution in [0.5, 0.6) is 0 Å². The van der Waals surface area contributed by atoms with Crippen LogP contribution in [0.4, 0.5) is 0 Å². The van der Waals surface area contributed by atoms with E-state index in [-0.39, 0.29) is 14.9 Å². The second-order valence-electron chi connectivity index (χ2n) is 5.20. The molecule has 1 heterocycles. The van der Waals surface area contributed by atoms with Crippen LogP contribution < -0.4 is 5.32 Å². The summed E-state index contributed by atoms with van der Waals surface area (Å²) >= 11 is 15.4. The van der Waals surface area contributed by atoms with Crippen LogP contribution in [0.15, 0.2) is 21.5 Å². The zero-order valence-corrected chi connectivity index (χ0v) is 15.5. The lowest BCUT2D eigenvalue weighted by Crippen LogP contribution is -2.39. The number of rotatable bonds is 4. The molecule has 1 atom stereocenters. The topological polar surface area (TPSA) is 49.4 Å². The van der Waals surface area contributed by atoms with Crippen LogP contribution in [0.1, 0.15) is 12.8 Å². The molecule has 4 nitrogen and oxygen atoms in total. The van der Waals surface area contributed by atoms with Crippen molar-refractivity contribution in [3.8, 4) is 0 Å². The highest BCUT2D eigenvalue weighted by Crippen LogP contribution is 2.34. The second-order valence-corrected chi connectivity index (χ2v) is 8.91. The van der Waals surface area contributed by atoms with Gasteiger partial charge in [-0.3, -0.25) is 0 Å². The van der Waals surface area contributed by atoms with Crippen molar-refractivity contribution < 1.29 is 8.42 Å². The maximum absolute atomic E-state index is 12.7. The molecule has 0 bridgehead atoms. The maximum atomic E-state index is 12.7. The zero-order chi connectivity index (χ0) is 15.6. The molecule has 2 rings (SSSR count). The Balaban J connectivity index is 2.24. The van der Waals surface area contributed by atoms with Gasteiger partial charge in [0.15, 0.2) is 0 Å². The van der Waals surface area contributed by atoms with Gasteiger partial charge in [-0.1, -0.05) is 39.1 Å². The summed E-state index contributed by atoms with van der Waals surface area (Å²) in [6, 6.07) is 3.08. The van der Waals surface area contributed by atoms with Crippen LogP contribution in [0, 0.1) is 5.92 Å². The third kappa shape index (κ3) is 4.12. The fourth-order valence-electron chi connectivity index (χ4n) is 2.47. The summed E-state index contributed by atoms with van der Waals surface area (Å²) in [5, 5.41) is 3.54. The molecule has 0 radical (unpaired) electrons. The fraction of sp³-hybridized carbons (Fsp3) is 0.538. The van der Waals surface area contributed by atoms with E-state index < -0.39 is 10.0 Å². The van der Waals surface area contributed by atoms with Gasteiger partial charge < -0.3 is 5.32 Å². The van der Waals surface area contributed by atoms with Gasteiger partial charge in [0.2, 0.25) is 10.0 Å². The van der Waals surface area contributed by atoms with E-state index in [1.54, 1.807) is 7.05 Å². The molecule has 1 fully saturated rings. The molecule has 118 valence electrons. The first-order valence-corrected chi connectivity index (χ1v) is 9.63. The lowest BCUT2D eigenvalue weighted by atomic mass is 10.00. The fourth-order valence-corrected chi connectivity index (χ4v) is 5.60. The third-order valence-corrected chi connectivity index (χ3v) is 6.75. The van der Waals surface area contributed by atoms with Crippen molar-refractivity contribution in [2.45, 2.75) is 17.7 Å². The first-order chi connectivity index (χ1) is 9.82. The number of nitrogens with zero attached hydrogens (tertiary/aromatic N) is 1. The van der Waals surface area contributed by atoms with Crippen LogP contribution in [0.2, 0.25) is 10.0 Å². The average Bonchev–Trinajstić information content (AvgIpc) is 2.38. The van der Waals surface area contributed by atoms with Gasteiger partial charge >= 0.3 is 0 Å². The van der Waals surface area contributed by atoms with Gasteiger partial charge in [0.1, 0.15) is 4.90 Å². The predicted molar refractivity (Wildman–Crippen MR) is 89.6 cm³/mol. The maximum Gasteiger partial charge on any atom is 0.245 e. The molecule has 8 heteroatoms. The van der Waals surface area contributed by atoms with Gasteiger partial charge in [0, 0.05) is 18.1 Å². The van der Waals surface area contributed by atoms with Crippen LogP contribution in [-0.2, 0) is 10.0 Å². The molecule has 1 aromatic rings. The first-order valence-electron chi connectivity index (χ1n) is 6.64. The van der Waals surface area contributed by atoms with E-state index in [4.69, 9.17) is 23.2 Å². The summed E-state index contributed by atoms with van der Waals surface area (Å²) in [5.41, 5.74) is 0. The Labute approximate surface area is 144 Å². The van der Waals surface area contributed by atoms with Crippen molar-refractivity contribution in [3.63, 3.8) is 0 Å². The van der Waals surface area contributed by atoms with Crippen molar-refractivity contribution in [1.29, 1.82) is 0 Å². The molecule has 1 aliphatic heterocycles. The van der Waals surface area contributed by atoms with Gasteiger partial charge in [0.05, 0.1) is 10.0 Å². The summed E-state index contributed by atoms with van der Waals surface area (Å²) < 4.78 is 27.3. The minimum absolute atomic E-state index is 0.0275. The predicted octanol–water partition coefficient (Wildman–Crippen LogP) is 3.38. The van der Waals surface area contributed by atoms with Crippen LogP contribution in [-0.4, -0.2) is 39.4 Å². The van der Waals surface area contributed by atoms with Crippen molar-refractivity contribution >= 4 is 49.2 Å². The average molecular weight is 416 g/mol. The van der Waals surface area contributed by atoms with E-state index in [0.717, 1.165) is 25.9 Å². The van der Waals surface area contributed by atoms with E-state index in [9.17, 15) is 8.42 Å². The molecule has 0 spiro atoms. The molecule has 1 saturated heterocycles. The van der Waals surface area contributed by atoms with Gasteiger partial charge in [0.25, 0.3) is 0 Å². The minimum atomic E-state index is -3.70. The van der Waals surface area contributed by atoms with Gasteiger partial charge in [-0.05, 0) is 44.0 Å². The molecule has 1 aliphatic rings. The monoisotopic (exact) mass is 414 g/mol. The normalized spacial score (nSPS) is 20.0. The van der Waals surface area contributed by atoms with Crippen LogP contribution in [0.3, 0.4) is 0 Å². The highest BCUT2D eigenvalue weighted by molar-refractivity contribution is 9.10. The van der Waals surface area contributed by atoms with Crippen molar-refractivity contribution in [2.75, 3.05) is 26.7 Å². The Hall–Kier alpha value is 0.150. The Morgan fingerprint density at radius 3 is 2.52 bits per heavy atom. The number of halogens is 3. The first kappa shape index (κ1) is 17.5. The molecule has 21 heavy (non-hydrogen) atoms. The minimum Gasteiger partial charge on any atom is -0.316 e. The molecule has 1 N–H and O–H groups in total. The highest BCUT2D eigenvalue weighted by Gasteiger charge is 2.29. The molecule has 1 aromatic carbocycles. The molecule has 0 aromatic heterocycles. The van der Waals surface area contributed by atoms with Gasteiger partial charge in [-0.2, -0.15) is 0 Å². The number of hydrogen-bond acceptors (Lipinski definition) is 3. The number of piperidine rings is 1. The Morgan fingerprint density at radius 2 is 2.00 bits per heavy atom. The summed E-state index contributed by atoms with van der Waals surface area (Å²) in [6.07, 6.45) is 2.09. The van der Waals surface area contributed by atoms with Crippen molar-refractivity contribution in [3.05, 3.63) is 26.7 Å². The van der Waals surface area contributed by atoms with Gasteiger partial charge in [-0.25, -0.2) is 12.7 Å². The third-order valence-electron chi connectivity index (χ3n) is 3.55. The van der Waals surface area contributed by atoms with Crippen molar-refractivity contribution in [2.24, 2.45) is 5.92 Å². The van der Waals surface area contributed by atoms with E-state index in [1.165, 1.54) is 16.4 Å². The van der Waals surface area contributed by atoms with E-state index >= 15 is 0 Å². The van der Waals surface area contributed by atoms with Crippen LogP contribution in [0.25, 0.3) is 0 Å². The molecule has 0 saturated carbocycles. The summed E-state index contributed by atoms with van der Waals surface area (Å²) in [6.45, 7) is 2.29. The molecule has 1 unspecified atom stereocenters. The summed E-state index contributed by atoms with van der Waals surface area (Å²) in [4.78, 5) is -0.0275. The van der Waals surface area contributed by atoms with E-state index in [2.05, 4.69) is 21.2 Å². The summed E-state index contributed by atoms with van der Waals surface area (Å²) in [7, 11) is -2.13. The smallest absolute Gasteiger partial charge is 0.245 e. The molecular weight excluding hydrogens is 399 g/mol.